The molecule has 234 valence electrons. The Hall–Kier alpha value is -6.71. The van der Waals surface area contributed by atoms with Gasteiger partial charge in [-0.15, -0.1) is 0 Å². The Balaban J connectivity index is 1.14. The summed E-state index contributed by atoms with van der Waals surface area (Å²) in [6.07, 6.45) is 3.64. The van der Waals surface area contributed by atoms with Gasteiger partial charge in [0, 0.05) is 39.9 Å². The van der Waals surface area contributed by atoms with Crippen molar-refractivity contribution in [3.8, 4) is 22.3 Å². The van der Waals surface area contributed by atoms with Crippen LogP contribution >= 0.6 is 0 Å². The molecule has 0 amide bonds. The van der Waals surface area contributed by atoms with Crippen LogP contribution in [0.2, 0.25) is 0 Å². The first-order valence-corrected chi connectivity index (χ1v) is 16.9. The summed E-state index contributed by atoms with van der Waals surface area (Å²) in [5, 5.41) is 9.59. The van der Waals surface area contributed by atoms with Crippen molar-refractivity contribution in [3.05, 3.63) is 182 Å². The number of fused-ring (bicyclic) bond motifs is 8. The minimum absolute atomic E-state index is 0.854. The molecule has 0 aliphatic rings. The third-order valence-corrected chi connectivity index (χ3v) is 9.93. The monoisotopic (exact) mass is 638 g/mol. The highest BCUT2D eigenvalue weighted by molar-refractivity contribution is 6.23. The van der Waals surface area contributed by atoms with Crippen LogP contribution in [-0.2, 0) is 0 Å². The van der Waals surface area contributed by atoms with Crippen molar-refractivity contribution in [1.29, 1.82) is 0 Å². The molecule has 0 N–H and O–H groups in total. The van der Waals surface area contributed by atoms with E-state index in [-0.39, 0.29) is 0 Å². The summed E-state index contributed by atoms with van der Waals surface area (Å²) >= 11 is 0. The van der Waals surface area contributed by atoms with Gasteiger partial charge < -0.3 is 9.32 Å². The zero-order valence-electron chi connectivity index (χ0n) is 27.1. The first-order chi connectivity index (χ1) is 24.8. The zero-order chi connectivity index (χ0) is 33.0. The Morgan fingerprint density at radius 3 is 1.80 bits per heavy atom. The molecule has 0 aliphatic heterocycles. The summed E-state index contributed by atoms with van der Waals surface area (Å²) in [5.41, 5.74) is 9.67. The Morgan fingerprint density at radius 2 is 1.02 bits per heavy atom. The van der Waals surface area contributed by atoms with Crippen molar-refractivity contribution in [3.63, 3.8) is 0 Å². The molecule has 0 radical (unpaired) electrons. The van der Waals surface area contributed by atoms with Gasteiger partial charge in [-0.2, -0.15) is 0 Å². The van der Waals surface area contributed by atoms with Crippen molar-refractivity contribution in [2.45, 2.75) is 0 Å². The van der Waals surface area contributed by atoms with Crippen molar-refractivity contribution in [1.82, 2.24) is 4.98 Å². The molecule has 2 aromatic heterocycles. The Labute approximate surface area is 289 Å². The van der Waals surface area contributed by atoms with Crippen LogP contribution in [0.15, 0.2) is 187 Å². The van der Waals surface area contributed by atoms with Gasteiger partial charge in [0.05, 0.1) is 5.69 Å². The highest BCUT2D eigenvalue weighted by Gasteiger charge is 2.19. The molecule has 0 unspecified atom stereocenters. The maximum absolute atomic E-state index is 6.19. The van der Waals surface area contributed by atoms with Gasteiger partial charge in [0.25, 0.3) is 0 Å². The number of furan rings is 1. The van der Waals surface area contributed by atoms with Crippen LogP contribution in [0.4, 0.5) is 17.1 Å². The van der Waals surface area contributed by atoms with Crippen molar-refractivity contribution in [2.75, 3.05) is 4.90 Å². The van der Waals surface area contributed by atoms with Crippen LogP contribution in [0.3, 0.4) is 0 Å². The summed E-state index contributed by atoms with van der Waals surface area (Å²) in [6, 6.07) is 61.1. The lowest BCUT2D eigenvalue weighted by molar-refractivity contribution is 0.668. The van der Waals surface area contributed by atoms with E-state index in [0.29, 0.717) is 0 Å². The first-order valence-electron chi connectivity index (χ1n) is 16.9. The van der Waals surface area contributed by atoms with Gasteiger partial charge in [-0.05, 0) is 97.7 Å². The molecule has 2 heterocycles. The summed E-state index contributed by atoms with van der Waals surface area (Å²) < 4.78 is 6.19. The molecule has 3 heteroatoms. The number of hydrogen-bond acceptors (Lipinski definition) is 3. The van der Waals surface area contributed by atoms with Gasteiger partial charge in [0.15, 0.2) is 0 Å². The fraction of sp³-hybridized carbons (Fsp3) is 0. The number of rotatable bonds is 5. The fourth-order valence-corrected chi connectivity index (χ4v) is 7.51. The van der Waals surface area contributed by atoms with E-state index >= 15 is 0 Å². The average Bonchev–Trinajstić information content (AvgIpc) is 3.57. The molecule has 8 aromatic carbocycles. The number of nitrogens with zero attached hydrogens (tertiary/aromatic N) is 2. The lowest BCUT2D eigenvalue weighted by Gasteiger charge is -2.28. The highest BCUT2D eigenvalue weighted by Crippen LogP contribution is 2.44. The van der Waals surface area contributed by atoms with Crippen LogP contribution in [0.25, 0.3) is 76.5 Å². The van der Waals surface area contributed by atoms with E-state index in [0.717, 1.165) is 50.1 Å². The summed E-state index contributed by atoms with van der Waals surface area (Å²) in [5.74, 6) is 0. The van der Waals surface area contributed by atoms with Crippen LogP contribution in [0, 0.1) is 0 Å². The predicted molar refractivity (Wildman–Crippen MR) is 210 cm³/mol. The topological polar surface area (TPSA) is 29.3 Å². The van der Waals surface area contributed by atoms with Crippen LogP contribution < -0.4 is 4.90 Å². The van der Waals surface area contributed by atoms with E-state index in [9.17, 15) is 0 Å². The number of anilines is 3. The molecule has 0 saturated carbocycles. The lowest BCUT2D eigenvalue weighted by atomic mass is 9.94. The average molecular weight is 639 g/mol. The van der Waals surface area contributed by atoms with E-state index in [4.69, 9.17) is 4.42 Å². The largest absolute Gasteiger partial charge is 0.456 e. The van der Waals surface area contributed by atoms with Gasteiger partial charge in [-0.1, -0.05) is 121 Å². The number of benzene rings is 8. The standard InChI is InChI=1S/C47H30N2O/c1-2-8-31(9-3-1)32-16-21-37(22-17-32)49(44-28-36-15-14-34-10-4-5-11-39(34)47(36)42-13-7-6-12-40(42)44)38-23-18-33(19-24-38)35-20-25-41-43-30-48-27-26-45(43)50-46(41)29-35/h1-30H. The Morgan fingerprint density at radius 1 is 0.400 bits per heavy atom. The normalized spacial score (nSPS) is 11.6. The van der Waals surface area contributed by atoms with Crippen molar-refractivity contribution < 1.29 is 4.42 Å². The minimum atomic E-state index is 0.854. The zero-order valence-corrected chi connectivity index (χ0v) is 27.1. The molecule has 50 heavy (non-hydrogen) atoms. The third kappa shape index (κ3) is 4.63. The highest BCUT2D eigenvalue weighted by atomic mass is 16.3. The summed E-state index contributed by atoms with van der Waals surface area (Å²) in [4.78, 5) is 6.69. The van der Waals surface area contributed by atoms with Crippen molar-refractivity contribution >= 4 is 71.3 Å². The molecule has 0 spiro atoms. The molecule has 0 atom stereocenters. The van der Waals surface area contributed by atoms with E-state index in [2.05, 4.69) is 174 Å². The smallest absolute Gasteiger partial charge is 0.138 e. The Bertz CT molecular complexity index is 2850. The van der Waals surface area contributed by atoms with Gasteiger partial charge >= 0.3 is 0 Å². The minimum Gasteiger partial charge on any atom is -0.456 e. The fourth-order valence-electron chi connectivity index (χ4n) is 7.51. The first kappa shape index (κ1) is 28.3. The molecule has 3 nitrogen and oxygen atoms in total. The number of pyridine rings is 1. The van der Waals surface area contributed by atoms with Gasteiger partial charge in [0.1, 0.15) is 11.2 Å². The second-order valence-electron chi connectivity index (χ2n) is 12.8. The molecule has 0 bridgehead atoms. The van der Waals surface area contributed by atoms with Crippen molar-refractivity contribution in [2.24, 2.45) is 0 Å². The molecular formula is C47H30N2O. The second-order valence-corrected chi connectivity index (χ2v) is 12.8. The summed E-state index contributed by atoms with van der Waals surface area (Å²) in [6.45, 7) is 0. The molecule has 10 rings (SSSR count). The Kier molecular flexibility index (Phi) is 6.49. The SMILES string of the molecule is c1ccc(-c2ccc(N(c3ccc(-c4ccc5c(c4)oc4ccncc45)cc3)c3cc4ccc5ccccc5c4c4ccccc34)cc2)cc1. The molecule has 0 fully saturated rings. The third-order valence-electron chi connectivity index (χ3n) is 9.93. The summed E-state index contributed by atoms with van der Waals surface area (Å²) in [7, 11) is 0. The predicted octanol–water partition coefficient (Wildman–Crippen LogP) is 13.2. The van der Waals surface area contributed by atoms with E-state index < -0.39 is 0 Å². The second kappa shape index (κ2) is 11.5. The van der Waals surface area contributed by atoms with E-state index in [1.165, 1.54) is 43.4 Å². The van der Waals surface area contributed by atoms with E-state index in [1.54, 1.807) is 6.20 Å². The molecular weight excluding hydrogens is 609 g/mol. The van der Waals surface area contributed by atoms with Gasteiger partial charge in [-0.3, -0.25) is 4.98 Å². The maximum atomic E-state index is 6.19. The molecule has 0 saturated heterocycles. The van der Waals surface area contributed by atoms with Crippen LogP contribution in [0.1, 0.15) is 0 Å². The number of hydrogen-bond donors (Lipinski definition) is 0. The number of aromatic nitrogens is 1. The molecule has 10 aromatic rings. The quantitative estimate of drug-likeness (QED) is 0.176. The van der Waals surface area contributed by atoms with E-state index in [1.807, 2.05) is 12.3 Å². The lowest BCUT2D eigenvalue weighted by Crippen LogP contribution is -2.10. The van der Waals surface area contributed by atoms with Gasteiger partial charge in [-0.25, -0.2) is 0 Å². The van der Waals surface area contributed by atoms with Gasteiger partial charge in [0.2, 0.25) is 0 Å². The maximum Gasteiger partial charge on any atom is 0.138 e. The van der Waals surface area contributed by atoms with Crippen LogP contribution in [-0.4, -0.2) is 4.98 Å². The van der Waals surface area contributed by atoms with Crippen LogP contribution in [0.5, 0.6) is 0 Å². The molecule has 0 aliphatic carbocycles.